The van der Waals surface area contributed by atoms with Gasteiger partial charge in [-0.15, -0.1) is 0 Å². The third kappa shape index (κ3) is 5.60. The second-order valence-electron chi connectivity index (χ2n) is 7.51. The number of nitro benzene ring substituents is 1. The van der Waals surface area contributed by atoms with E-state index in [-0.39, 0.29) is 32.7 Å². The summed E-state index contributed by atoms with van der Waals surface area (Å²) in [5, 5.41) is 13.7. The fourth-order valence-corrected chi connectivity index (χ4v) is 4.50. The molecule has 1 saturated heterocycles. The molecule has 1 aliphatic rings. The highest BCUT2D eigenvalue weighted by atomic mass is 35.5. The molecule has 11 nitrogen and oxygen atoms in total. The number of hydrogen-bond donors (Lipinski definition) is 1. The van der Waals surface area contributed by atoms with Crippen LogP contribution in [0, 0.1) is 10.1 Å². The number of carbonyl (C=O) groups is 3. The Kier molecular flexibility index (Phi) is 7.50. The molecule has 2 aromatic carbocycles. The van der Waals surface area contributed by atoms with E-state index in [0.29, 0.717) is 28.9 Å². The second-order valence-corrected chi connectivity index (χ2v) is 8.91. The average molecular weight is 544 g/mol. The lowest BCUT2D eigenvalue weighted by Crippen LogP contribution is -2.36. The zero-order valence-electron chi connectivity index (χ0n) is 19.3. The van der Waals surface area contributed by atoms with Crippen molar-refractivity contribution in [2.24, 2.45) is 0 Å². The van der Waals surface area contributed by atoms with Crippen molar-refractivity contribution in [1.29, 1.82) is 0 Å². The van der Waals surface area contributed by atoms with Gasteiger partial charge in [0.15, 0.2) is 0 Å². The Balaban J connectivity index is 1.48. The van der Waals surface area contributed by atoms with Crippen molar-refractivity contribution >= 4 is 57.9 Å². The predicted molar refractivity (Wildman–Crippen MR) is 137 cm³/mol. The first kappa shape index (κ1) is 25.8. The number of methoxy groups -OCH3 is 2. The molecule has 0 bridgehead atoms. The highest BCUT2D eigenvalue weighted by Gasteiger charge is 2.36. The molecular weight excluding hydrogens is 526 g/mol. The second kappa shape index (κ2) is 10.8. The summed E-state index contributed by atoms with van der Waals surface area (Å²) >= 11 is 6.70. The zero-order valence-corrected chi connectivity index (χ0v) is 20.9. The highest BCUT2D eigenvalue weighted by molar-refractivity contribution is 8.18. The van der Waals surface area contributed by atoms with Crippen molar-refractivity contribution in [1.82, 2.24) is 4.90 Å². The Morgan fingerprint density at radius 1 is 1.16 bits per heavy atom. The van der Waals surface area contributed by atoms with Crippen LogP contribution in [0.4, 0.5) is 16.2 Å². The minimum atomic E-state index is -0.675. The monoisotopic (exact) mass is 543 g/mol. The number of ether oxygens (including phenoxy) is 2. The van der Waals surface area contributed by atoms with E-state index in [0.717, 1.165) is 4.90 Å². The maximum atomic E-state index is 12.8. The summed E-state index contributed by atoms with van der Waals surface area (Å²) in [6.45, 7) is -0.507. The van der Waals surface area contributed by atoms with E-state index in [4.69, 9.17) is 25.5 Å². The molecule has 1 fully saturated rings. The van der Waals surface area contributed by atoms with Crippen LogP contribution < -0.4 is 14.8 Å². The predicted octanol–water partition coefficient (Wildman–Crippen LogP) is 5.20. The van der Waals surface area contributed by atoms with Crippen molar-refractivity contribution < 1.29 is 33.2 Å². The number of rotatable bonds is 8. The fraction of sp³-hybridized carbons (Fsp3) is 0.125. The van der Waals surface area contributed by atoms with Crippen molar-refractivity contribution in [3.63, 3.8) is 0 Å². The molecular formula is C24H18ClN3O8S. The van der Waals surface area contributed by atoms with Gasteiger partial charge in [0.05, 0.1) is 40.7 Å². The molecule has 0 aliphatic carbocycles. The summed E-state index contributed by atoms with van der Waals surface area (Å²) in [5.41, 5.74) is 0.368. The third-order valence-electron chi connectivity index (χ3n) is 5.18. The van der Waals surface area contributed by atoms with Gasteiger partial charge in [0, 0.05) is 11.8 Å². The van der Waals surface area contributed by atoms with Gasteiger partial charge in [-0.3, -0.25) is 29.4 Å². The fourth-order valence-electron chi connectivity index (χ4n) is 3.43. The van der Waals surface area contributed by atoms with Gasteiger partial charge in [-0.2, -0.15) is 0 Å². The number of anilines is 1. The minimum Gasteiger partial charge on any atom is -0.497 e. The largest absolute Gasteiger partial charge is 0.497 e. The van der Waals surface area contributed by atoms with Crippen LogP contribution >= 0.6 is 23.4 Å². The van der Waals surface area contributed by atoms with Gasteiger partial charge in [-0.25, -0.2) is 0 Å². The molecule has 37 heavy (non-hydrogen) atoms. The van der Waals surface area contributed by atoms with Crippen LogP contribution in [0.1, 0.15) is 5.76 Å². The lowest BCUT2D eigenvalue weighted by Gasteiger charge is -2.13. The molecule has 0 unspecified atom stereocenters. The Hall–Kier alpha value is -4.29. The quantitative estimate of drug-likeness (QED) is 0.230. The molecule has 2 heterocycles. The molecule has 13 heteroatoms. The lowest BCUT2D eigenvalue weighted by molar-refractivity contribution is -0.384. The normalized spacial score (nSPS) is 14.2. The summed E-state index contributed by atoms with van der Waals surface area (Å²) in [4.78, 5) is 49.4. The van der Waals surface area contributed by atoms with Crippen molar-refractivity contribution in [2.75, 3.05) is 26.1 Å². The maximum Gasteiger partial charge on any atom is 0.294 e. The SMILES string of the molecule is COc1ccc(-c2ccc(/C=C3/SC(=O)N(CC(=O)Nc4ccc(OC)c(Cl)c4)C3=O)o2)c([N+](=O)[O-])c1. The van der Waals surface area contributed by atoms with Crippen LogP contribution in [0.2, 0.25) is 5.02 Å². The standard InChI is InChI=1S/C24H18ClN3O8S/c1-34-14-4-6-16(18(10-14)28(32)33)19-8-5-15(36-19)11-21-23(30)27(24(31)37-21)12-22(29)26-13-3-7-20(35-2)17(25)9-13/h3-11H,12H2,1-2H3,(H,26,29)/b21-11+. The van der Waals surface area contributed by atoms with Crippen LogP contribution in [0.25, 0.3) is 17.4 Å². The molecule has 3 amide bonds. The van der Waals surface area contributed by atoms with Crippen molar-refractivity contribution in [3.05, 3.63) is 74.3 Å². The van der Waals surface area contributed by atoms with E-state index < -0.39 is 28.5 Å². The summed E-state index contributed by atoms with van der Waals surface area (Å²) in [6, 6.07) is 12.0. The molecule has 0 radical (unpaired) electrons. The molecule has 4 rings (SSSR count). The van der Waals surface area contributed by atoms with Gasteiger partial charge in [-0.05, 0) is 54.2 Å². The van der Waals surface area contributed by atoms with E-state index in [2.05, 4.69) is 5.32 Å². The van der Waals surface area contributed by atoms with Crippen molar-refractivity contribution in [3.8, 4) is 22.8 Å². The summed E-state index contributed by atoms with van der Waals surface area (Å²) < 4.78 is 15.8. The smallest absolute Gasteiger partial charge is 0.294 e. The van der Waals surface area contributed by atoms with Gasteiger partial charge < -0.3 is 19.2 Å². The van der Waals surface area contributed by atoms with E-state index >= 15 is 0 Å². The number of furan rings is 1. The third-order valence-corrected chi connectivity index (χ3v) is 6.38. The lowest BCUT2D eigenvalue weighted by atomic mass is 10.1. The summed E-state index contributed by atoms with van der Waals surface area (Å²) in [6.07, 6.45) is 1.34. The molecule has 1 aromatic heterocycles. The average Bonchev–Trinajstić information content (AvgIpc) is 3.43. The Labute approximate surface area is 219 Å². The van der Waals surface area contributed by atoms with Gasteiger partial charge in [0.1, 0.15) is 29.6 Å². The number of hydrogen-bond acceptors (Lipinski definition) is 9. The summed E-state index contributed by atoms with van der Waals surface area (Å²) in [7, 11) is 2.86. The topological polar surface area (TPSA) is 141 Å². The van der Waals surface area contributed by atoms with Gasteiger partial charge in [0.25, 0.3) is 16.8 Å². The van der Waals surface area contributed by atoms with E-state index in [1.54, 1.807) is 18.2 Å². The first-order valence-corrected chi connectivity index (χ1v) is 11.7. The van der Waals surface area contributed by atoms with Gasteiger partial charge in [-0.1, -0.05) is 11.6 Å². The minimum absolute atomic E-state index is 0.0374. The van der Waals surface area contributed by atoms with Crippen LogP contribution in [0.3, 0.4) is 0 Å². The number of nitro groups is 1. The number of nitrogens with zero attached hydrogens (tertiary/aromatic N) is 2. The first-order chi connectivity index (χ1) is 17.7. The number of halogens is 1. The molecule has 190 valence electrons. The molecule has 0 atom stereocenters. The Morgan fingerprint density at radius 2 is 1.95 bits per heavy atom. The van der Waals surface area contributed by atoms with E-state index in [9.17, 15) is 24.5 Å². The van der Waals surface area contributed by atoms with Crippen LogP contribution in [0.5, 0.6) is 11.5 Å². The van der Waals surface area contributed by atoms with Crippen LogP contribution in [-0.2, 0) is 9.59 Å². The molecule has 3 aromatic rings. The van der Waals surface area contributed by atoms with Gasteiger partial charge in [0.2, 0.25) is 5.91 Å². The molecule has 0 spiro atoms. The number of thioether (sulfide) groups is 1. The van der Waals surface area contributed by atoms with Crippen LogP contribution in [-0.4, -0.2) is 47.6 Å². The van der Waals surface area contributed by atoms with E-state index in [1.807, 2.05) is 0 Å². The number of nitrogens with one attached hydrogen (secondary N) is 1. The van der Waals surface area contributed by atoms with Crippen molar-refractivity contribution in [2.45, 2.75) is 0 Å². The molecule has 0 saturated carbocycles. The van der Waals surface area contributed by atoms with Gasteiger partial charge >= 0.3 is 0 Å². The number of benzene rings is 2. The van der Waals surface area contributed by atoms with Crippen LogP contribution in [0.15, 0.2) is 57.9 Å². The first-order valence-electron chi connectivity index (χ1n) is 10.5. The van der Waals surface area contributed by atoms with E-state index in [1.165, 1.54) is 50.6 Å². The Morgan fingerprint density at radius 3 is 2.62 bits per heavy atom. The number of carbonyl (C=O) groups excluding carboxylic acids is 3. The molecule has 1 aliphatic heterocycles. The number of imide groups is 1. The Bertz CT molecular complexity index is 1450. The maximum absolute atomic E-state index is 12.8. The highest BCUT2D eigenvalue weighted by Crippen LogP contribution is 2.36. The zero-order chi connectivity index (χ0) is 26.7. The molecule has 1 N–H and O–H groups in total. The summed E-state index contributed by atoms with van der Waals surface area (Å²) in [5.74, 6) is -0.142. The number of amides is 3.